The molecule has 0 fully saturated rings. The Hall–Kier alpha value is -2.30. The average Bonchev–Trinajstić information content (AvgIpc) is 2.28. The van der Waals surface area contributed by atoms with Crippen molar-refractivity contribution in [3.8, 4) is 11.6 Å². The number of benzene rings is 1. The van der Waals surface area contributed by atoms with Crippen LogP contribution in [0.3, 0.4) is 0 Å². The number of hydrogen-bond acceptors (Lipinski definition) is 5. The van der Waals surface area contributed by atoms with Gasteiger partial charge in [-0.15, -0.1) is 0 Å². The Morgan fingerprint density at radius 3 is 2.28 bits per heavy atom. The molecular weight excluding hydrogens is 228 g/mol. The maximum atomic E-state index is 5.57. The van der Waals surface area contributed by atoms with Crippen molar-refractivity contribution in [3.63, 3.8) is 0 Å². The molecule has 5 nitrogen and oxygen atoms in total. The van der Waals surface area contributed by atoms with Gasteiger partial charge in [-0.25, -0.2) is 0 Å². The molecule has 1 aromatic carbocycles. The molecule has 0 unspecified atom stereocenters. The molecule has 18 heavy (non-hydrogen) atoms. The lowest BCUT2D eigenvalue weighted by molar-refractivity contribution is 0.463. The zero-order chi connectivity index (χ0) is 13.1. The van der Waals surface area contributed by atoms with Crippen molar-refractivity contribution in [1.29, 1.82) is 0 Å². The molecule has 4 N–H and O–H groups in total. The van der Waals surface area contributed by atoms with Crippen molar-refractivity contribution in [2.45, 2.75) is 19.8 Å². The van der Waals surface area contributed by atoms with Crippen LogP contribution in [0, 0.1) is 0 Å². The Bertz CT molecular complexity index is 517. The summed E-state index contributed by atoms with van der Waals surface area (Å²) in [5.74, 6) is 1.92. The van der Waals surface area contributed by atoms with Gasteiger partial charge in [0.15, 0.2) is 0 Å². The third kappa shape index (κ3) is 2.88. The fraction of sp³-hybridized carbons (Fsp3) is 0.231. The van der Waals surface area contributed by atoms with Gasteiger partial charge in [0.25, 0.3) is 0 Å². The number of hydrogen-bond donors (Lipinski definition) is 2. The third-order valence-corrected chi connectivity index (χ3v) is 2.51. The Labute approximate surface area is 106 Å². The van der Waals surface area contributed by atoms with Gasteiger partial charge in [-0.05, 0) is 23.6 Å². The van der Waals surface area contributed by atoms with Crippen molar-refractivity contribution in [1.82, 2.24) is 9.97 Å². The predicted molar refractivity (Wildman–Crippen MR) is 71.5 cm³/mol. The largest absolute Gasteiger partial charge is 0.439 e. The second kappa shape index (κ2) is 4.91. The van der Waals surface area contributed by atoms with Gasteiger partial charge in [0, 0.05) is 6.07 Å². The summed E-state index contributed by atoms with van der Waals surface area (Å²) in [5.41, 5.74) is 12.3. The van der Waals surface area contributed by atoms with E-state index >= 15 is 0 Å². The summed E-state index contributed by atoms with van der Waals surface area (Å²) in [6.07, 6.45) is 0. The van der Waals surface area contributed by atoms with Crippen molar-refractivity contribution in [2.24, 2.45) is 0 Å². The molecule has 0 bridgehead atoms. The number of nitrogen functional groups attached to an aromatic ring is 2. The zero-order valence-corrected chi connectivity index (χ0v) is 10.4. The highest BCUT2D eigenvalue weighted by atomic mass is 16.5. The molecule has 0 aliphatic heterocycles. The molecule has 5 heteroatoms. The second-order valence-electron chi connectivity index (χ2n) is 4.32. The summed E-state index contributed by atoms with van der Waals surface area (Å²) in [4.78, 5) is 7.73. The van der Waals surface area contributed by atoms with Gasteiger partial charge >= 0.3 is 0 Å². The highest BCUT2D eigenvalue weighted by Crippen LogP contribution is 2.23. The van der Waals surface area contributed by atoms with E-state index in [1.54, 1.807) is 0 Å². The first kappa shape index (κ1) is 12.2. The van der Waals surface area contributed by atoms with Crippen LogP contribution in [-0.4, -0.2) is 9.97 Å². The molecule has 0 radical (unpaired) electrons. The molecule has 0 atom stereocenters. The molecule has 2 aromatic rings. The van der Waals surface area contributed by atoms with Crippen LogP contribution in [0.25, 0.3) is 0 Å². The molecule has 1 heterocycles. The first-order chi connectivity index (χ1) is 8.54. The van der Waals surface area contributed by atoms with Gasteiger partial charge in [-0.1, -0.05) is 26.0 Å². The minimum atomic E-state index is 0.101. The average molecular weight is 244 g/mol. The first-order valence-corrected chi connectivity index (χ1v) is 5.72. The standard InChI is InChI=1S/C13H16N4O/c1-8(2)9-3-5-10(6-4-9)18-12-7-11(14)16-13(15)17-12/h3-8H,1-2H3,(H4,14,15,16,17). The molecule has 0 saturated carbocycles. The Morgan fingerprint density at radius 1 is 1.06 bits per heavy atom. The number of ether oxygens (including phenoxy) is 1. The van der Waals surface area contributed by atoms with Crippen LogP contribution < -0.4 is 16.2 Å². The summed E-state index contributed by atoms with van der Waals surface area (Å²) in [7, 11) is 0. The molecule has 94 valence electrons. The highest BCUT2D eigenvalue weighted by molar-refractivity contribution is 5.40. The fourth-order valence-electron chi connectivity index (χ4n) is 1.56. The van der Waals surface area contributed by atoms with Crippen LogP contribution >= 0.6 is 0 Å². The topological polar surface area (TPSA) is 87.0 Å². The number of rotatable bonds is 3. The lowest BCUT2D eigenvalue weighted by atomic mass is 10.0. The number of nitrogens with two attached hydrogens (primary N) is 2. The van der Waals surface area contributed by atoms with Gasteiger partial charge < -0.3 is 16.2 Å². The quantitative estimate of drug-likeness (QED) is 0.866. The minimum absolute atomic E-state index is 0.101. The molecular formula is C13H16N4O. The molecule has 0 aliphatic carbocycles. The summed E-state index contributed by atoms with van der Waals surface area (Å²) < 4.78 is 5.56. The lowest BCUT2D eigenvalue weighted by Gasteiger charge is -2.08. The Balaban J connectivity index is 2.18. The monoisotopic (exact) mass is 244 g/mol. The van der Waals surface area contributed by atoms with Gasteiger partial charge in [-0.2, -0.15) is 9.97 Å². The molecule has 0 aliphatic rings. The molecule has 0 saturated heterocycles. The summed E-state index contributed by atoms with van der Waals surface area (Å²) >= 11 is 0. The SMILES string of the molecule is CC(C)c1ccc(Oc2cc(N)nc(N)n2)cc1. The van der Waals surface area contributed by atoms with E-state index in [1.165, 1.54) is 11.6 Å². The third-order valence-electron chi connectivity index (χ3n) is 2.51. The van der Waals surface area contributed by atoms with Crippen molar-refractivity contribution in [3.05, 3.63) is 35.9 Å². The summed E-state index contributed by atoms with van der Waals surface area (Å²) in [5, 5.41) is 0. The van der Waals surface area contributed by atoms with Crippen LogP contribution in [0.2, 0.25) is 0 Å². The van der Waals surface area contributed by atoms with E-state index in [1.807, 2.05) is 24.3 Å². The Kier molecular flexibility index (Phi) is 3.32. The second-order valence-corrected chi connectivity index (χ2v) is 4.32. The van der Waals surface area contributed by atoms with E-state index in [0.29, 0.717) is 17.5 Å². The van der Waals surface area contributed by atoms with E-state index in [0.717, 1.165) is 0 Å². The lowest BCUT2D eigenvalue weighted by Crippen LogP contribution is -2.00. The predicted octanol–water partition coefficient (Wildman–Crippen LogP) is 2.56. The molecule has 0 spiro atoms. The van der Waals surface area contributed by atoms with Crippen LogP contribution in [0.4, 0.5) is 11.8 Å². The van der Waals surface area contributed by atoms with Gasteiger partial charge in [0.2, 0.25) is 11.8 Å². The van der Waals surface area contributed by atoms with E-state index in [9.17, 15) is 0 Å². The van der Waals surface area contributed by atoms with Crippen molar-refractivity contribution in [2.75, 3.05) is 11.5 Å². The molecule has 1 aromatic heterocycles. The number of nitrogens with zero attached hydrogens (tertiary/aromatic N) is 2. The molecule has 2 rings (SSSR count). The summed E-state index contributed by atoms with van der Waals surface area (Å²) in [6, 6.07) is 9.36. The van der Waals surface area contributed by atoms with E-state index in [4.69, 9.17) is 16.2 Å². The zero-order valence-electron chi connectivity index (χ0n) is 10.4. The minimum Gasteiger partial charge on any atom is -0.439 e. The maximum Gasteiger partial charge on any atom is 0.226 e. The van der Waals surface area contributed by atoms with Crippen LogP contribution in [-0.2, 0) is 0 Å². The van der Waals surface area contributed by atoms with Crippen LogP contribution in [0.15, 0.2) is 30.3 Å². The maximum absolute atomic E-state index is 5.57. The van der Waals surface area contributed by atoms with Crippen LogP contribution in [0.1, 0.15) is 25.3 Å². The van der Waals surface area contributed by atoms with Gasteiger partial charge in [0.1, 0.15) is 11.6 Å². The Morgan fingerprint density at radius 2 is 1.72 bits per heavy atom. The normalized spacial score (nSPS) is 10.6. The fourth-order valence-corrected chi connectivity index (χ4v) is 1.56. The van der Waals surface area contributed by atoms with Gasteiger partial charge in [-0.3, -0.25) is 0 Å². The summed E-state index contributed by atoms with van der Waals surface area (Å²) in [6.45, 7) is 4.28. The highest BCUT2D eigenvalue weighted by Gasteiger charge is 2.04. The van der Waals surface area contributed by atoms with E-state index < -0.39 is 0 Å². The van der Waals surface area contributed by atoms with E-state index in [-0.39, 0.29) is 11.8 Å². The van der Waals surface area contributed by atoms with Crippen molar-refractivity contribution < 1.29 is 4.74 Å². The van der Waals surface area contributed by atoms with Crippen LogP contribution in [0.5, 0.6) is 11.6 Å². The number of anilines is 2. The number of aromatic nitrogens is 2. The van der Waals surface area contributed by atoms with E-state index in [2.05, 4.69) is 23.8 Å². The van der Waals surface area contributed by atoms with Gasteiger partial charge in [0.05, 0.1) is 0 Å². The molecule has 0 amide bonds. The first-order valence-electron chi connectivity index (χ1n) is 5.72. The smallest absolute Gasteiger partial charge is 0.226 e. The van der Waals surface area contributed by atoms with Crippen molar-refractivity contribution >= 4 is 11.8 Å².